The SMILES string of the molecule is Cc1nc2cc(C(=O)N3CCN(C)CC3)ccn2c1-c1ccnc(C2(c3ccc(C(=O)NO)cc3)CC2)n1. The Labute approximate surface area is 219 Å². The van der Waals surface area contributed by atoms with Crippen molar-refractivity contribution in [3.8, 4) is 11.4 Å². The quantitative estimate of drug-likeness (QED) is 0.313. The molecule has 10 heteroatoms. The van der Waals surface area contributed by atoms with Crippen LogP contribution in [0.5, 0.6) is 0 Å². The number of carbonyl (C=O) groups excluding carboxylic acids is 2. The third kappa shape index (κ3) is 4.11. The second kappa shape index (κ2) is 9.30. The zero-order valence-corrected chi connectivity index (χ0v) is 21.4. The first-order valence-corrected chi connectivity index (χ1v) is 12.7. The van der Waals surface area contributed by atoms with Gasteiger partial charge in [0.25, 0.3) is 11.8 Å². The number of benzene rings is 1. The smallest absolute Gasteiger partial charge is 0.274 e. The average Bonchev–Trinajstić information content (AvgIpc) is 3.69. The van der Waals surface area contributed by atoms with Gasteiger partial charge >= 0.3 is 0 Å². The topological polar surface area (TPSA) is 116 Å². The number of aromatic nitrogens is 4. The van der Waals surface area contributed by atoms with Gasteiger partial charge in [0, 0.05) is 49.7 Å². The normalized spacial score (nSPS) is 17.0. The summed E-state index contributed by atoms with van der Waals surface area (Å²) in [6.07, 6.45) is 5.49. The number of hydrogen-bond acceptors (Lipinski definition) is 7. The van der Waals surface area contributed by atoms with E-state index in [2.05, 4.69) is 16.9 Å². The van der Waals surface area contributed by atoms with Crippen LogP contribution in [0.3, 0.4) is 0 Å². The molecule has 1 aromatic carbocycles. The Hall–Kier alpha value is -4.15. The van der Waals surface area contributed by atoms with Crippen LogP contribution >= 0.6 is 0 Å². The minimum atomic E-state index is -0.545. The first-order chi connectivity index (χ1) is 18.4. The van der Waals surface area contributed by atoms with Gasteiger partial charge in [-0.05, 0) is 62.7 Å². The number of pyridine rings is 1. The van der Waals surface area contributed by atoms with Gasteiger partial charge < -0.3 is 9.80 Å². The number of rotatable bonds is 5. The fourth-order valence-electron chi connectivity index (χ4n) is 5.29. The Bertz CT molecular complexity index is 1530. The van der Waals surface area contributed by atoms with Gasteiger partial charge in [0.2, 0.25) is 0 Å². The third-order valence-electron chi connectivity index (χ3n) is 7.72. The lowest BCUT2D eigenvalue weighted by molar-refractivity contribution is 0.0663. The molecule has 194 valence electrons. The number of aryl methyl sites for hydroxylation is 1. The summed E-state index contributed by atoms with van der Waals surface area (Å²) in [4.78, 5) is 43.3. The number of hydroxylamine groups is 1. The number of carbonyl (C=O) groups is 2. The van der Waals surface area contributed by atoms with Gasteiger partial charge in [-0.3, -0.25) is 19.2 Å². The summed E-state index contributed by atoms with van der Waals surface area (Å²) in [5, 5.41) is 8.89. The summed E-state index contributed by atoms with van der Waals surface area (Å²) in [6.45, 7) is 5.15. The molecule has 0 spiro atoms. The molecule has 2 amide bonds. The molecule has 2 fully saturated rings. The Morgan fingerprint density at radius 1 is 0.974 bits per heavy atom. The van der Waals surface area contributed by atoms with Crippen molar-refractivity contribution in [2.45, 2.75) is 25.2 Å². The lowest BCUT2D eigenvalue weighted by Crippen LogP contribution is -2.47. The number of hydrogen-bond donors (Lipinski definition) is 2. The number of likely N-dealkylation sites (N-methyl/N-ethyl adjacent to an activating group) is 1. The van der Waals surface area contributed by atoms with Gasteiger partial charge in [0.05, 0.1) is 22.5 Å². The predicted octanol–water partition coefficient (Wildman–Crippen LogP) is 2.69. The van der Waals surface area contributed by atoms with Gasteiger partial charge in [0.1, 0.15) is 11.5 Å². The molecule has 0 bridgehead atoms. The van der Waals surface area contributed by atoms with Crippen molar-refractivity contribution in [1.29, 1.82) is 0 Å². The Kier molecular flexibility index (Phi) is 5.93. The molecule has 1 saturated heterocycles. The van der Waals surface area contributed by atoms with Crippen molar-refractivity contribution >= 4 is 17.5 Å². The highest BCUT2D eigenvalue weighted by Crippen LogP contribution is 2.52. The summed E-state index contributed by atoms with van der Waals surface area (Å²) in [5.41, 5.74) is 6.57. The standard InChI is InChI=1S/C28H29N7O3/c1-18-24(35-12-8-20(17-23(35)30-18)26(37)34-15-13-33(2)14-16-34)22-7-11-29-27(31-22)28(9-10-28)21-5-3-19(4-6-21)25(36)32-38/h3-8,11-12,17,38H,9-10,13-16H2,1-2H3,(H,32,36). The number of piperazine rings is 1. The Morgan fingerprint density at radius 2 is 1.71 bits per heavy atom. The Balaban J connectivity index is 1.31. The number of amides is 2. The molecule has 1 saturated carbocycles. The van der Waals surface area contributed by atoms with Crippen LogP contribution < -0.4 is 5.48 Å². The van der Waals surface area contributed by atoms with Crippen molar-refractivity contribution in [3.05, 3.63) is 83.1 Å². The summed E-state index contributed by atoms with van der Waals surface area (Å²) < 4.78 is 1.98. The summed E-state index contributed by atoms with van der Waals surface area (Å²) in [6, 6.07) is 12.8. The minimum absolute atomic E-state index is 0.0327. The largest absolute Gasteiger partial charge is 0.336 e. The van der Waals surface area contributed by atoms with Crippen LogP contribution in [0.2, 0.25) is 0 Å². The number of nitrogens with one attached hydrogen (secondary N) is 1. The molecule has 2 N–H and O–H groups in total. The van der Waals surface area contributed by atoms with Crippen LogP contribution in [-0.2, 0) is 5.41 Å². The lowest BCUT2D eigenvalue weighted by atomic mass is 9.93. The zero-order valence-electron chi connectivity index (χ0n) is 21.4. The molecule has 0 radical (unpaired) electrons. The maximum absolute atomic E-state index is 13.1. The first-order valence-electron chi connectivity index (χ1n) is 12.7. The van der Waals surface area contributed by atoms with E-state index in [0.29, 0.717) is 16.8 Å². The average molecular weight is 512 g/mol. The first kappa shape index (κ1) is 24.2. The molecule has 4 heterocycles. The zero-order chi connectivity index (χ0) is 26.4. The predicted molar refractivity (Wildman–Crippen MR) is 140 cm³/mol. The van der Waals surface area contributed by atoms with E-state index in [4.69, 9.17) is 15.2 Å². The van der Waals surface area contributed by atoms with Crippen molar-refractivity contribution in [2.75, 3.05) is 33.2 Å². The van der Waals surface area contributed by atoms with Crippen LogP contribution in [0, 0.1) is 6.92 Å². The molecular formula is C28H29N7O3. The van der Waals surface area contributed by atoms with E-state index in [1.54, 1.807) is 23.8 Å². The molecule has 10 nitrogen and oxygen atoms in total. The van der Waals surface area contributed by atoms with Gasteiger partial charge in [0.15, 0.2) is 0 Å². The monoisotopic (exact) mass is 511 g/mol. The van der Waals surface area contributed by atoms with E-state index in [1.165, 1.54) is 0 Å². The van der Waals surface area contributed by atoms with E-state index < -0.39 is 5.91 Å². The van der Waals surface area contributed by atoms with E-state index >= 15 is 0 Å². The molecule has 4 aromatic rings. The van der Waals surface area contributed by atoms with Crippen LogP contribution in [0.15, 0.2) is 54.9 Å². The van der Waals surface area contributed by atoms with Crippen LogP contribution in [0.1, 0.15) is 50.6 Å². The van der Waals surface area contributed by atoms with E-state index in [9.17, 15) is 9.59 Å². The maximum atomic E-state index is 13.1. The summed E-state index contributed by atoms with van der Waals surface area (Å²) >= 11 is 0. The molecule has 1 aliphatic heterocycles. The highest BCUT2D eigenvalue weighted by Gasteiger charge is 2.48. The van der Waals surface area contributed by atoms with E-state index in [0.717, 1.165) is 67.5 Å². The van der Waals surface area contributed by atoms with Gasteiger partial charge in [-0.2, -0.15) is 0 Å². The molecule has 2 aliphatic rings. The van der Waals surface area contributed by atoms with Crippen molar-refractivity contribution < 1.29 is 14.8 Å². The molecule has 0 atom stereocenters. The minimum Gasteiger partial charge on any atom is -0.336 e. The number of fused-ring (bicyclic) bond motifs is 1. The van der Waals surface area contributed by atoms with Crippen molar-refractivity contribution in [2.24, 2.45) is 0 Å². The third-order valence-corrected chi connectivity index (χ3v) is 7.72. The van der Waals surface area contributed by atoms with E-state index in [1.807, 2.05) is 52.8 Å². The van der Waals surface area contributed by atoms with Gasteiger partial charge in [-0.15, -0.1) is 0 Å². The molecular weight excluding hydrogens is 482 g/mol. The number of imidazole rings is 1. The fraction of sp³-hybridized carbons (Fsp3) is 0.321. The lowest BCUT2D eigenvalue weighted by Gasteiger charge is -2.32. The fourth-order valence-corrected chi connectivity index (χ4v) is 5.29. The molecule has 3 aromatic heterocycles. The van der Waals surface area contributed by atoms with Crippen molar-refractivity contribution in [3.63, 3.8) is 0 Å². The Morgan fingerprint density at radius 3 is 2.39 bits per heavy atom. The molecule has 1 aliphatic carbocycles. The number of nitrogens with zero attached hydrogens (tertiary/aromatic N) is 6. The van der Waals surface area contributed by atoms with Crippen LogP contribution in [0.25, 0.3) is 17.0 Å². The second-order valence-electron chi connectivity index (χ2n) is 10.2. The second-order valence-corrected chi connectivity index (χ2v) is 10.2. The van der Waals surface area contributed by atoms with E-state index in [-0.39, 0.29) is 11.3 Å². The molecule has 6 rings (SSSR count). The highest BCUT2D eigenvalue weighted by atomic mass is 16.5. The maximum Gasteiger partial charge on any atom is 0.274 e. The van der Waals surface area contributed by atoms with Gasteiger partial charge in [-0.1, -0.05) is 12.1 Å². The highest BCUT2D eigenvalue weighted by molar-refractivity contribution is 5.95. The summed E-state index contributed by atoms with van der Waals surface area (Å²) in [5.74, 6) is 0.215. The van der Waals surface area contributed by atoms with Crippen molar-refractivity contribution in [1.82, 2.24) is 34.6 Å². The van der Waals surface area contributed by atoms with Crippen LogP contribution in [0.4, 0.5) is 0 Å². The summed E-state index contributed by atoms with van der Waals surface area (Å²) in [7, 11) is 2.07. The molecule has 38 heavy (non-hydrogen) atoms. The molecule has 0 unspecified atom stereocenters. The van der Waals surface area contributed by atoms with Gasteiger partial charge in [-0.25, -0.2) is 20.4 Å². The van der Waals surface area contributed by atoms with Crippen LogP contribution in [-0.4, -0.2) is 79.4 Å².